The molecule has 0 aliphatic heterocycles. The van der Waals surface area contributed by atoms with E-state index in [-0.39, 0.29) is 18.7 Å². The van der Waals surface area contributed by atoms with Gasteiger partial charge >= 0.3 is 5.97 Å². The van der Waals surface area contributed by atoms with Crippen LogP contribution in [0.5, 0.6) is 0 Å². The first-order chi connectivity index (χ1) is 12.0. The number of aromatic nitrogens is 1. The number of benzene rings is 2. The summed E-state index contributed by atoms with van der Waals surface area (Å²) in [6.07, 6.45) is 2.10. The maximum atomic E-state index is 12.2. The van der Waals surface area contributed by atoms with Crippen molar-refractivity contribution < 1.29 is 14.7 Å². The molecular formula is C19H17ClN2O3. The Balaban J connectivity index is 1.69. The molecule has 0 fully saturated rings. The van der Waals surface area contributed by atoms with Crippen molar-refractivity contribution in [1.29, 1.82) is 0 Å². The third kappa shape index (κ3) is 4.19. The number of carboxylic acids is 1. The molecule has 0 unspecified atom stereocenters. The second-order valence-corrected chi connectivity index (χ2v) is 6.26. The number of halogens is 1. The van der Waals surface area contributed by atoms with E-state index in [9.17, 15) is 14.7 Å². The number of nitrogens with one attached hydrogen (secondary N) is 2. The van der Waals surface area contributed by atoms with Gasteiger partial charge in [-0.25, -0.2) is 4.79 Å². The van der Waals surface area contributed by atoms with Crippen LogP contribution in [0.3, 0.4) is 0 Å². The average molecular weight is 357 g/mol. The molecule has 0 saturated heterocycles. The number of H-pyrrole nitrogens is 1. The van der Waals surface area contributed by atoms with Crippen molar-refractivity contribution in [2.45, 2.75) is 18.9 Å². The van der Waals surface area contributed by atoms with Crippen molar-refractivity contribution in [2.24, 2.45) is 0 Å². The van der Waals surface area contributed by atoms with Crippen LogP contribution in [0, 0.1) is 0 Å². The van der Waals surface area contributed by atoms with E-state index in [0.717, 1.165) is 22.0 Å². The summed E-state index contributed by atoms with van der Waals surface area (Å²) in [5.41, 5.74) is 2.57. The zero-order valence-corrected chi connectivity index (χ0v) is 14.1. The Kier molecular flexibility index (Phi) is 5.05. The van der Waals surface area contributed by atoms with Gasteiger partial charge in [0.1, 0.15) is 6.04 Å². The minimum absolute atomic E-state index is 0.106. The maximum Gasteiger partial charge on any atom is 0.326 e. The monoisotopic (exact) mass is 356 g/mol. The van der Waals surface area contributed by atoms with Crippen LogP contribution in [0.15, 0.2) is 54.7 Å². The Bertz CT molecular complexity index is 902. The van der Waals surface area contributed by atoms with Gasteiger partial charge in [-0.05, 0) is 29.3 Å². The molecule has 1 aromatic heterocycles. The molecule has 0 aliphatic carbocycles. The largest absolute Gasteiger partial charge is 0.480 e. The maximum absolute atomic E-state index is 12.2. The topological polar surface area (TPSA) is 82.2 Å². The van der Waals surface area contributed by atoms with Gasteiger partial charge < -0.3 is 15.4 Å². The van der Waals surface area contributed by atoms with Crippen LogP contribution in [-0.2, 0) is 22.4 Å². The molecule has 1 atom stereocenters. The highest BCUT2D eigenvalue weighted by molar-refractivity contribution is 6.30. The van der Waals surface area contributed by atoms with Crippen LogP contribution in [0.4, 0.5) is 0 Å². The minimum Gasteiger partial charge on any atom is -0.480 e. The zero-order valence-electron chi connectivity index (χ0n) is 13.3. The number of aromatic amines is 1. The van der Waals surface area contributed by atoms with Crippen LogP contribution in [0.25, 0.3) is 10.9 Å². The van der Waals surface area contributed by atoms with E-state index in [0.29, 0.717) is 5.02 Å². The lowest BCUT2D eigenvalue weighted by Gasteiger charge is -2.14. The molecule has 3 aromatic rings. The Hall–Kier alpha value is -2.79. The summed E-state index contributed by atoms with van der Waals surface area (Å²) in [4.78, 5) is 26.9. The molecule has 0 saturated carbocycles. The Morgan fingerprint density at radius 1 is 1.12 bits per heavy atom. The molecule has 3 N–H and O–H groups in total. The number of carboxylic acid groups (broad SMARTS) is 1. The van der Waals surface area contributed by atoms with Gasteiger partial charge in [0.25, 0.3) is 0 Å². The normalized spacial score (nSPS) is 12.0. The first-order valence-corrected chi connectivity index (χ1v) is 8.22. The first-order valence-electron chi connectivity index (χ1n) is 7.84. The second-order valence-electron chi connectivity index (χ2n) is 5.83. The summed E-state index contributed by atoms with van der Waals surface area (Å²) in [5, 5.41) is 13.6. The van der Waals surface area contributed by atoms with Crippen LogP contribution < -0.4 is 5.32 Å². The third-order valence-electron chi connectivity index (χ3n) is 4.01. The smallest absolute Gasteiger partial charge is 0.326 e. The van der Waals surface area contributed by atoms with Crippen LogP contribution in [-0.4, -0.2) is 28.0 Å². The van der Waals surface area contributed by atoms with E-state index < -0.39 is 12.0 Å². The zero-order chi connectivity index (χ0) is 17.8. The van der Waals surface area contributed by atoms with Gasteiger partial charge in [-0.2, -0.15) is 0 Å². The molecule has 0 spiro atoms. The van der Waals surface area contributed by atoms with Gasteiger partial charge in [0.15, 0.2) is 0 Å². The number of rotatable bonds is 6. The Morgan fingerprint density at radius 3 is 2.56 bits per heavy atom. The fourth-order valence-electron chi connectivity index (χ4n) is 2.75. The molecule has 6 heteroatoms. The SMILES string of the molecule is O=C(Cc1ccc(Cl)cc1)N[C@@H](Cc1c[nH]c2ccccc12)C(=O)O. The standard InChI is InChI=1S/C19H17ClN2O3/c20-14-7-5-12(6-8-14)9-18(23)22-17(19(24)25)10-13-11-21-16-4-2-1-3-15(13)16/h1-8,11,17,21H,9-10H2,(H,22,23)(H,24,25)/t17-/m0/s1. The summed E-state index contributed by atoms with van der Waals surface area (Å²) in [6.45, 7) is 0. The molecular weight excluding hydrogens is 340 g/mol. The van der Waals surface area contributed by atoms with Gasteiger partial charge in [-0.1, -0.05) is 41.9 Å². The molecule has 5 nitrogen and oxygen atoms in total. The molecule has 1 amide bonds. The number of carbonyl (C=O) groups excluding carboxylic acids is 1. The van der Waals surface area contributed by atoms with Crippen LogP contribution in [0.2, 0.25) is 5.02 Å². The third-order valence-corrected chi connectivity index (χ3v) is 4.26. The van der Waals surface area contributed by atoms with Gasteiger partial charge in [0.2, 0.25) is 5.91 Å². The summed E-state index contributed by atoms with van der Waals surface area (Å²) < 4.78 is 0. The summed E-state index contributed by atoms with van der Waals surface area (Å²) in [5.74, 6) is -1.40. The van der Waals surface area contributed by atoms with Crippen LogP contribution in [0.1, 0.15) is 11.1 Å². The number of para-hydroxylation sites is 1. The van der Waals surface area contributed by atoms with Crippen molar-refractivity contribution in [3.63, 3.8) is 0 Å². The molecule has 0 bridgehead atoms. The van der Waals surface area contributed by atoms with E-state index in [1.54, 1.807) is 30.5 Å². The van der Waals surface area contributed by atoms with Gasteiger partial charge in [-0.3, -0.25) is 4.79 Å². The molecule has 128 valence electrons. The highest BCUT2D eigenvalue weighted by atomic mass is 35.5. The first kappa shape index (κ1) is 17.0. The number of aliphatic carboxylic acids is 1. The predicted octanol–water partition coefficient (Wildman–Crippen LogP) is 3.18. The molecule has 2 aromatic carbocycles. The molecule has 25 heavy (non-hydrogen) atoms. The average Bonchev–Trinajstić information content (AvgIpc) is 2.99. The highest BCUT2D eigenvalue weighted by Crippen LogP contribution is 2.19. The Morgan fingerprint density at radius 2 is 1.84 bits per heavy atom. The lowest BCUT2D eigenvalue weighted by atomic mass is 10.0. The van der Waals surface area contributed by atoms with Crippen molar-refractivity contribution in [3.05, 3.63) is 70.9 Å². The van der Waals surface area contributed by atoms with Crippen LogP contribution >= 0.6 is 11.6 Å². The molecule has 0 aliphatic rings. The second kappa shape index (κ2) is 7.40. The quantitative estimate of drug-likeness (QED) is 0.634. The van der Waals surface area contributed by atoms with Gasteiger partial charge in [0, 0.05) is 28.5 Å². The van der Waals surface area contributed by atoms with Gasteiger partial charge in [-0.15, -0.1) is 0 Å². The number of hydrogen-bond donors (Lipinski definition) is 3. The van der Waals surface area contributed by atoms with E-state index in [4.69, 9.17) is 11.6 Å². The lowest BCUT2D eigenvalue weighted by Crippen LogP contribution is -2.43. The number of fused-ring (bicyclic) bond motifs is 1. The summed E-state index contributed by atoms with van der Waals surface area (Å²) >= 11 is 5.82. The van der Waals surface area contributed by atoms with Crippen molar-refractivity contribution in [1.82, 2.24) is 10.3 Å². The number of hydrogen-bond acceptors (Lipinski definition) is 2. The fraction of sp³-hybridized carbons (Fsp3) is 0.158. The summed E-state index contributed by atoms with van der Waals surface area (Å²) in [7, 11) is 0. The van der Waals surface area contributed by atoms with Gasteiger partial charge in [0.05, 0.1) is 6.42 Å². The predicted molar refractivity (Wildman–Crippen MR) is 96.7 cm³/mol. The lowest BCUT2D eigenvalue weighted by molar-refractivity contribution is -0.141. The molecule has 3 rings (SSSR count). The van der Waals surface area contributed by atoms with Crippen molar-refractivity contribution in [2.75, 3.05) is 0 Å². The minimum atomic E-state index is -1.06. The van der Waals surface area contributed by atoms with E-state index in [1.165, 1.54) is 0 Å². The molecule has 0 radical (unpaired) electrons. The Labute approximate surface area is 149 Å². The number of carbonyl (C=O) groups is 2. The fourth-order valence-corrected chi connectivity index (χ4v) is 2.88. The van der Waals surface area contributed by atoms with E-state index >= 15 is 0 Å². The molecule has 1 heterocycles. The number of amides is 1. The van der Waals surface area contributed by atoms with Crippen molar-refractivity contribution >= 4 is 34.4 Å². The van der Waals surface area contributed by atoms with E-state index in [2.05, 4.69) is 10.3 Å². The summed E-state index contributed by atoms with van der Waals surface area (Å²) in [6, 6.07) is 13.6. The highest BCUT2D eigenvalue weighted by Gasteiger charge is 2.21. The van der Waals surface area contributed by atoms with Crippen molar-refractivity contribution in [3.8, 4) is 0 Å². The van der Waals surface area contributed by atoms with E-state index in [1.807, 2.05) is 24.3 Å².